The van der Waals surface area contributed by atoms with Crippen LogP contribution in [0, 0.1) is 11.8 Å². The predicted molar refractivity (Wildman–Crippen MR) is 77.3 cm³/mol. The van der Waals surface area contributed by atoms with Gasteiger partial charge in [-0.15, -0.1) is 0 Å². The third-order valence-electron chi connectivity index (χ3n) is 3.54. The number of aromatic nitrogens is 2. The van der Waals surface area contributed by atoms with Crippen LogP contribution in [0.1, 0.15) is 20.3 Å². The van der Waals surface area contributed by atoms with E-state index >= 15 is 0 Å². The molecule has 1 fully saturated rings. The van der Waals surface area contributed by atoms with Gasteiger partial charge < -0.3 is 4.90 Å². The normalized spacial score (nSPS) is 18.6. The smallest absolute Gasteiger partial charge is 0.251 e. The van der Waals surface area contributed by atoms with E-state index in [1.165, 1.54) is 12.2 Å². The molecule has 0 radical (unpaired) electrons. The van der Waals surface area contributed by atoms with E-state index in [9.17, 15) is 9.59 Å². The van der Waals surface area contributed by atoms with Crippen LogP contribution in [0.25, 0.3) is 0 Å². The molecule has 1 atom stereocenters. The highest BCUT2D eigenvalue weighted by Crippen LogP contribution is 2.26. The second kappa shape index (κ2) is 6.26. The standard InChI is InChI=1S/C14H22N4O3/c1-10(2)7-17-9-12(6-15-17)18-8-11(5-13(18)19)14(20)16(3)21-4/h6,9-11H,5,7-8H2,1-4H3/t11-/m1/s1. The SMILES string of the molecule is CON(C)C(=O)[C@@H]1CC(=O)N(c2cnn(CC(C)C)c2)C1. The lowest BCUT2D eigenvalue weighted by molar-refractivity contribution is -0.172. The zero-order chi connectivity index (χ0) is 15.6. The first kappa shape index (κ1) is 15.5. The summed E-state index contributed by atoms with van der Waals surface area (Å²) in [7, 11) is 2.98. The third kappa shape index (κ3) is 3.41. The minimum Gasteiger partial charge on any atom is -0.309 e. The molecule has 0 aliphatic carbocycles. The molecule has 2 rings (SSSR count). The molecule has 116 valence electrons. The summed E-state index contributed by atoms with van der Waals surface area (Å²) in [5, 5.41) is 5.43. The van der Waals surface area contributed by atoms with Crippen LogP contribution in [-0.4, -0.2) is 47.4 Å². The Morgan fingerprint density at radius 3 is 2.90 bits per heavy atom. The summed E-state index contributed by atoms with van der Waals surface area (Å²) < 4.78 is 1.82. The zero-order valence-corrected chi connectivity index (χ0v) is 12.9. The second-order valence-electron chi connectivity index (χ2n) is 5.74. The summed E-state index contributed by atoms with van der Waals surface area (Å²) >= 11 is 0. The molecule has 2 amide bonds. The van der Waals surface area contributed by atoms with Crippen molar-refractivity contribution in [1.29, 1.82) is 0 Å². The van der Waals surface area contributed by atoms with Crippen LogP contribution in [-0.2, 0) is 21.0 Å². The Bertz CT molecular complexity index is 526. The van der Waals surface area contributed by atoms with Gasteiger partial charge in [0.1, 0.15) is 0 Å². The van der Waals surface area contributed by atoms with Crippen LogP contribution >= 0.6 is 0 Å². The summed E-state index contributed by atoms with van der Waals surface area (Å²) in [6, 6.07) is 0. The number of carbonyl (C=O) groups excluding carboxylic acids is 2. The molecule has 1 aliphatic heterocycles. The molecule has 0 N–H and O–H groups in total. The van der Waals surface area contributed by atoms with Crippen molar-refractivity contribution in [2.45, 2.75) is 26.8 Å². The fourth-order valence-electron chi connectivity index (χ4n) is 2.44. The van der Waals surface area contributed by atoms with E-state index in [1.54, 1.807) is 18.1 Å². The lowest BCUT2D eigenvalue weighted by atomic mass is 10.1. The molecule has 21 heavy (non-hydrogen) atoms. The number of rotatable bonds is 5. The minimum absolute atomic E-state index is 0.0537. The zero-order valence-electron chi connectivity index (χ0n) is 12.9. The number of amides is 2. The number of anilines is 1. The van der Waals surface area contributed by atoms with Gasteiger partial charge >= 0.3 is 0 Å². The first-order valence-electron chi connectivity index (χ1n) is 7.06. The van der Waals surface area contributed by atoms with Gasteiger partial charge in [-0.05, 0) is 5.92 Å². The number of carbonyl (C=O) groups is 2. The van der Waals surface area contributed by atoms with E-state index in [0.29, 0.717) is 12.5 Å². The van der Waals surface area contributed by atoms with Crippen molar-refractivity contribution in [1.82, 2.24) is 14.8 Å². The van der Waals surface area contributed by atoms with Gasteiger partial charge in [0.15, 0.2) is 0 Å². The Morgan fingerprint density at radius 1 is 1.57 bits per heavy atom. The lowest BCUT2D eigenvalue weighted by Gasteiger charge is -2.18. The van der Waals surface area contributed by atoms with Gasteiger partial charge in [0.25, 0.3) is 5.91 Å². The fourth-order valence-corrected chi connectivity index (χ4v) is 2.44. The maximum atomic E-state index is 12.1. The fraction of sp³-hybridized carbons (Fsp3) is 0.643. The maximum Gasteiger partial charge on any atom is 0.251 e. The molecule has 0 spiro atoms. The number of nitrogens with zero attached hydrogens (tertiary/aromatic N) is 4. The monoisotopic (exact) mass is 294 g/mol. The second-order valence-corrected chi connectivity index (χ2v) is 5.74. The van der Waals surface area contributed by atoms with Crippen LogP contribution in [0.4, 0.5) is 5.69 Å². The molecule has 7 heteroatoms. The van der Waals surface area contributed by atoms with Gasteiger partial charge in [0, 0.05) is 32.8 Å². The molecule has 0 saturated carbocycles. The van der Waals surface area contributed by atoms with Gasteiger partial charge in [0.2, 0.25) is 5.91 Å². The summed E-state index contributed by atoms with van der Waals surface area (Å²) in [5.74, 6) is -0.113. The Labute approximate surface area is 124 Å². The predicted octanol–water partition coefficient (Wildman–Crippen LogP) is 0.912. The summed E-state index contributed by atoms with van der Waals surface area (Å²) in [5.41, 5.74) is 0.746. The van der Waals surface area contributed by atoms with E-state index < -0.39 is 0 Å². The van der Waals surface area contributed by atoms with E-state index in [-0.39, 0.29) is 24.2 Å². The van der Waals surface area contributed by atoms with Crippen molar-refractivity contribution >= 4 is 17.5 Å². The van der Waals surface area contributed by atoms with Crippen molar-refractivity contribution in [3.63, 3.8) is 0 Å². The summed E-state index contributed by atoms with van der Waals surface area (Å²) in [4.78, 5) is 30.7. The van der Waals surface area contributed by atoms with Crippen LogP contribution < -0.4 is 4.90 Å². The van der Waals surface area contributed by atoms with Gasteiger partial charge in [-0.1, -0.05) is 13.8 Å². The molecular formula is C14H22N4O3. The number of hydrogen-bond acceptors (Lipinski definition) is 4. The van der Waals surface area contributed by atoms with Gasteiger partial charge in [-0.25, -0.2) is 5.06 Å². The molecule has 1 aromatic rings. The first-order chi connectivity index (χ1) is 9.92. The van der Waals surface area contributed by atoms with Gasteiger partial charge in [-0.3, -0.25) is 19.1 Å². The highest BCUT2D eigenvalue weighted by atomic mass is 16.7. The van der Waals surface area contributed by atoms with E-state index in [2.05, 4.69) is 18.9 Å². The quantitative estimate of drug-likeness (QED) is 0.757. The van der Waals surface area contributed by atoms with Gasteiger partial charge in [0.05, 0.1) is 24.9 Å². The van der Waals surface area contributed by atoms with E-state index in [0.717, 1.165) is 12.2 Å². The highest BCUT2D eigenvalue weighted by Gasteiger charge is 2.37. The molecule has 0 unspecified atom stereocenters. The summed E-state index contributed by atoms with van der Waals surface area (Å²) in [6.07, 6.45) is 3.74. The van der Waals surface area contributed by atoms with Crippen LogP contribution in [0.5, 0.6) is 0 Å². The lowest BCUT2D eigenvalue weighted by Crippen LogP contribution is -2.33. The Balaban J connectivity index is 2.06. The van der Waals surface area contributed by atoms with Crippen molar-refractivity contribution in [2.75, 3.05) is 25.6 Å². The average Bonchev–Trinajstić information content (AvgIpc) is 3.02. The van der Waals surface area contributed by atoms with Crippen LogP contribution in [0.3, 0.4) is 0 Å². The molecule has 0 aromatic carbocycles. The Morgan fingerprint density at radius 2 is 2.29 bits per heavy atom. The first-order valence-corrected chi connectivity index (χ1v) is 7.06. The Hall–Kier alpha value is -1.89. The van der Waals surface area contributed by atoms with E-state index in [1.807, 2.05) is 10.9 Å². The van der Waals surface area contributed by atoms with Crippen LogP contribution in [0.2, 0.25) is 0 Å². The van der Waals surface area contributed by atoms with Crippen LogP contribution in [0.15, 0.2) is 12.4 Å². The molecule has 1 saturated heterocycles. The number of hydroxylamine groups is 2. The highest BCUT2D eigenvalue weighted by molar-refractivity contribution is 5.99. The Kier molecular flexibility index (Phi) is 4.62. The summed E-state index contributed by atoms with van der Waals surface area (Å²) in [6.45, 7) is 5.39. The van der Waals surface area contributed by atoms with Crippen molar-refractivity contribution in [2.24, 2.45) is 11.8 Å². The third-order valence-corrected chi connectivity index (χ3v) is 3.54. The maximum absolute atomic E-state index is 12.1. The molecule has 7 nitrogen and oxygen atoms in total. The molecule has 1 aliphatic rings. The van der Waals surface area contributed by atoms with E-state index in [4.69, 9.17) is 4.84 Å². The van der Waals surface area contributed by atoms with Gasteiger partial charge in [-0.2, -0.15) is 5.10 Å². The molecular weight excluding hydrogens is 272 g/mol. The molecule has 1 aromatic heterocycles. The topological polar surface area (TPSA) is 67.7 Å². The molecule has 2 heterocycles. The number of hydrogen-bond donors (Lipinski definition) is 0. The average molecular weight is 294 g/mol. The van der Waals surface area contributed by atoms with Crippen molar-refractivity contribution < 1.29 is 14.4 Å². The van der Waals surface area contributed by atoms with Crippen molar-refractivity contribution in [3.8, 4) is 0 Å². The minimum atomic E-state index is -0.365. The van der Waals surface area contributed by atoms with Crippen molar-refractivity contribution in [3.05, 3.63) is 12.4 Å². The molecule has 0 bridgehead atoms. The largest absolute Gasteiger partial charge is 0.309 e.